The number of nitrogens with two attached hydrogens (primary N) is 1. The number of halogens is 1. The zero-order valence-corrected chi connectivity index (χ0v) is 12.6. The van der Waals surface area contributed by atoms with E-state index in [4.69, 9.17) is 17.3 Å². The fourth-order valence-corrected chi connectivity index (χ4v) is 3.07. The van der Waals surface area contributed by atoms with Crippen LogP contribution in [0.5, 0.6) is 0 Å². The van der Waals surface area contributed by atoms with Gasteiger partial charge in [0.15, 0.2) is 0 Å². The molecule has 110 valence electrons. The summed E-state index contributed by atoms with van der Waals surface area (Å²) in [5.74, 6) is -0.352. The minimum absolute atomic E-state index is 0.110. The molecule has 5 heteroatoms. The van der Waals surface area contributed by atoms with Crippen LogP contribution in [0.2, 0.25) is 5.02 Å². The summed E-state index contributed by atoms with van der Waals surface area (Å²) in [6.45, 7) is 4.45. The van der Waals surface area contributed by atoms with Gasteiger partial charge < -0.3 is 15.7 Å². The topological polar surface area (TPSA) is 66.6 Å². The zero-order chi connectivity index (χ0) is 14.9. The van der Waals surface area contributed by atoms with Gasteiger partial charge in [-0.2, -0.15) is 0 Å². The van der Waals surface area contributed by atoms with Crippen LogP contribution in [-0.2, 0) is 4.79 Å². The number of carbonyl (C=O) groups excluding carboxylic acids is 1. The van der Waals surface area contributed by atoms with Gasteiger partial charge in [0.05, 0.1) is 12.0 Å². The first kappa shape index (κ1) is 15.1. The van der Waals surface area contributed by atoms with Gasteiger partial charge in [0.25, 0.3) is 0 Å². The molecule has 1 aliphatic heterocycles. The Morgan fingerprint density at radius 1 is 1.50 bits per heavy atom. The lowest BCUT2D eigenvalue weighted by molar-refractivity contribution is -0.122. The predicted octanol–water partition coefficient (Wildman–Crippen LogP) is 2.48. The molecule has 2 rings (SSSR count). The van der Waals surface area contributed by atoms with Crippen molar-refractivity contribution >= 4 is 23.2 Å². The van der Waals surface area contributed by atoms with Crippen LogP contribution in [0.4, 0.5) is 5.69 Å². The predicted molar refractivity (Wildman–Crippen MR) is 80.8 cm³/mol. The molecule has 1 aliphatic rings. The van der Waals surface area contributed by atoms with Crippen LogP contribution in [0.25, 0.3) is 0 Å². The van der Waals surface area contributed by atoms with Gasteiger partial charge in [0.1, 0.15) is 0 Å². The molecule has 3 atom stereocenters. The molecule has 1 amide bonds. The van der Waals surface area contributed by atoms with Gasteiger partial charge in [-0.1, -0.05) is 17.7 Å². The fourth-order valence-electron chi connectivity index (χ4n) is 2.73. The highest BCUT2D eigenvalue weighted by Gasteiger charge is 2.29. The number of aliphatic hydroxyl groups is 1. The Balaban J connectivity index is 2.25. The van der Waals surface area contributed by atoms with Crippen LogP contribution in [0, 0.1) is 5.92 Å². The highest BCUT2D eigenvalue weighted by molar-refractivity contribution is 6.31. The molecular formula is C15H21ClN2O2. The lowest BCUT2D eigenvalue weighted by atomic mass is 9.92. The molecule has 1 aromatic rings. The number of hydrogen-bond donors (Lipinski definition) is 2. The van der Waals surface area contributed by atoms with E-state index in [0.717, 1.165) is 18.5 Å². The number of amides is 1. The molecule has 3 unspecified atom stereocenters. The van der Waals surface area contributed by atoms with E-state index in [1.54, 1.807) is 6.92 Å². The standard InChI is InChI=1S/C15H21ClN2O2/c1-9-3-4-11(15(17)20)8-18(9)12-5-6-13(10(2)19)14(16)7-12/h5-7,9-11,19H,3-4,8H2,1-2H3,(H2,17,20). The van der Waals surface area contributed by atoms with Gasteiger partial charge in [0.2, 0.25) is 5.91 Å². The molecule has 1 heterocycles. The van der Waals surface area contributed by atoms with Gasteiger partial charge in [-0.25, -0.2) is 0 Å². The van der Waals surface area contributed by atoms with Crippen molar-refractivity contribution in [1.29, 1.82) is 0 Å². The smallest absolute Gasteiger partial charge is 0.222 e. The molecule has 3 N–H and O–H groups in total. The number of benzene rings is 1. The number of primary amides is 1. The van der Waals surface area contributed by atoms with E-state index in [0.29, 0.717) is 23.2 Å². The molecule has 0 radical (unpaired) electrons. The van der Waals surface area contributed by atoms with Crippen molar-refractivity contribution in [3.8, 4) is 0 Å². The Hall–Kier alpha value is -1.26. The van der Waals surface area contributed by atoms with Crippen molar-refractivity contribution in [2.24, 2.45) is 11.7 Å². The molecule has 0 aliphatic carbocycles. The van der Waals surface area contributed by atoms with Crippen molar-refractivity contribution in [3.63, 3.8) is 0 Å². The van der Waals surface area contributed by atoms with Crippen LogP contribution in [-0.4, -0.2) is 23.6 Å². The summed E-state index contributed by atoms with van der Waals surface area (Å²) in [5.41, 5.74) is 7.11. The minimum atomic E-state index is -0.589. The summed E-state index contributed by atoms with van der Waals surface area (Å²) < 4.78 is 0. The van der Waals surface area contributed by atoms with E-state index in [1.807, 2.05) is 18.2 Å². The molecule has 0 aromatic heterocycles. The van der Waals surface area contributed by atoms with E-state index < -0.39 is 6.10 Å². The molecular weight excluding hydrogens is 276 g/mol. The van der Waals surface area contributed by atoms with Crippen LogP contribution < -0.4 is 10.6 Å². The van der Waals surface area contributed by atoms with Crippen LogP contribution in [0.15, 0.2) is 18.2 Å². The lowest BCUT2D eigenvalue weighted by Gasteiger charge is -2.38. The van der Waals surface area contributed by atoms with Crippen molar-refractivity contribution < 1.29 is 9.90 Å². The zero-order valence-electron chi connectivity index (χ0n) is 11.8. The molecule has 0 saturated carbocycles. The van der Waals surface area contributed by atoms with E-state index in [-0.39, 0.29) is 11.8 Å². The summed E-state index contributed by atoms with van der Waals surface area (Å²) in [4.78, 5) is 13.5. The lowest BCUT2D eigenvalue weighted by Crippen LogP contribution is -2.45. The first-order valence-corrected chi connectivity index (χ1v) is 7.31. The van der Waals surface area contributed by atoms with Crippen molar-refractivity contribution in [1.82, 2.24) is 0 Å². The van der Waals surface area contributed by atoms with Crippen LogP contribution in [0.1, 0.15) is 38.4 Å². The van der Waals surface area contributed by atoms with Gasteiger partial charge in [-0.3, -0.25) is 4.79 Å². The Morgan fingerprint density at radius 3 is 2.75 bits per heavy atom. The highest BCUT2D eigenvalue weighted by Crippen LogP contribution is 2.32. The average molecular weight is 297 g/mol. The third-order valence-corrected chi connectivity index (χ3v) is 4.38. The highest BCUT2D eigenvalue weighted by atomic mass is 35.5. The number of rotatable bonds is 3. The van der Waals surface area contributed by atoms with Gasteiger partial charge in [-0.15, -0.1) is 0 Å². The van der Waals surface area contributed by atoms with E-state index in [2.05, 4.69) is 11.8 Å². The quantitative estimate of drug-likeness (QED) is 0.900. The number of piperidine rings is 1. The molecule has 20 heavy (non-hydrogen) atoms. The monoisotopic (exact) mass is 296 g/mol. The first-order valence-electron chi connectivity index (χ1n) is 6.93. The second-order valence-electron chi connectivity index (χ2n) is 5.56. The van der Waals surface area contributed by atoms with E-state index in [9.17, 15) is 9.90 Å². The summed E-state index contributed by atoms with van der Waals surface area (Å²) in [7, 11) is 0. The third kappa shape index (κ3) is 3.07. The second kappa shape index (κ2) is 6.02. The minimum Gasteiger partial charge on any atom is -0.389 e. The number of hydrogen-bond acceptors (Lipinski definition) is 3. The van der Waals surface area contributed by atoms with Crippen molar-refractivity contribution in [2.45, 2.75) is 38.8 Å². The van der Waals surface area contributed by atoms with E-state index in [1.165, 1.54) is 0 Å². The molecule has 1 fully saturated rings. The molecule has 4 nitrogen and oxygen atoms in total. The van der Waals surface area contributed by atoms with Gasteiger partial charge in [0, 0.05) is 23.3 Å². The summed E-state index contributed by atoms with van der Waals surface area (Å²) in [6, 6.07) is 5.97. The summed E-state index contributed by atoms with van der Waals surface area (Å²) >= 11 is 6.21. The SMILES string of the molecule is CC(O)c1ccc(N2CC(C(N)=O)CCC2C)cc1Cl. The van der Waals surface area contributed by atoms with Crippen molar-refractivity contribution in [2.75, 3.05) is 11.4 Å². The number of carbonyl (C=O) groups is 1. The normalized spacial score (nSPS) is 24.5. The summed E-state index contributed by atoms with van der Waals surface area (Å²) in [6.07, 6.45) is 1.18. The molecule has 1 saturated heterocycles. The van der Waals surface area contributed by atoms with E-state index >= 15 is 0 Å². The molecule has 1 aromatic carbocycles. The molecule has 0 bridgehead atoms. The first-order chi connectivity index (χ1) is 9.40. The maximum Gasteiger partial charge on any atom is 0.222 e. The number of aliphatic hydroxyl groups excluding tert-OH is 1. The largest absolute Gasteiger partial charge is 0.389 e. The Kier molecular flexibility index (Phi) is 4.55. The maximum absolute atomic E-state index is 11.4. The van der Waals surface area contributed by atoms with Crippen LogP contribution >= 0.6 is 11.6 Å². The maximum atomic E-state index is 11.4. The second-order valence-corrected chi connectivity index (χ2v) is 5.97. The Morgan fingerprint density at radius 2 is 2.20 bits per heavy atom. The Bertz CT molecular complexity index is 505. The fraction of sp³-hybridized carbons (Fsp3) is 0.533. The Labute approximate surface area is 124 Å². The summed E-state index contributed by atoms with van der Waals surface area (Å²) in [5, 5.41) is 10.2. The van der Waals surface area contributed by atoms with Crippen LogP contribution in [0.3, 0.4) is 0 Å². The van der Waals surface area contributed by atoms with Gasteiger partial charge >= 0.3 is 0 Å². The third-order valence-electron chi connectivity index (χ3n) is 4.05. The van der Waals surface area contributed by atoms with Crippen molar-refractivity contribution in [3.05, 3.63) is 28.8 Å². The number of nitrogens with zero attached hydrogens (tertiary/aromatic N) is 1. The van der Waals surface area contributed by atoms with Gasteiger partial charge in [-0.05, 0) is 44.4 Å². The average Bonchev–Trinajstić information content (AvgIpc) is 2.38. The number of anilines is 1. The molecule has 0 spiro atoms.